The van der Waals surface area contributed by atoms with E-state index in [2.05, 4.69) is 34.4 Å². The smallest absolute Gasteiger partial charge is 0.324 e. The van der Waals surface area contributed by atoms with Crippen molar-refractivity contribution >= 4 is 35.5 Å². The van der Waals surface area contributed by atoms with E-state index in [4.69, 9.17) is 14.6 Å². The number of nitrogens with zero attached hydrogens (tertiary/aromatic N) is 4. The van der Waals surface area contributed by atoms with E-state index in [1.54, 1.807) is 37.4 Å². The topological polar surface area (TPSA) is 120 Å². The summed E-state index contributed by atoms with van der Waals surface area (Å²) in [5, 5.41) is 12.4. The first-order chi connectivity index (χ1) is 23.6. The first kappa shape index (κ1) is 33.4. The molecule has 0 aliphatic heterocycles. The lowest BCUT2D eigenvalue weighted by atomic mass is 10.1. The number of aromatic nitrogens is 4. The minimum absolute atomic E-state index is 0.142. The lowest BCUT2D eigenvalue weighted by Gasteiger charge is -2.15. The molecule has 6 aromatic rings. The summed E-state index contributed by atoms with van der Waals surface area (Å²) >= 11 is 0. The summed E-state index contributed by atoms with van der Waals surface area (Å²) < 4.78 is 26.0. The van der Waals surface area contributed by atoms with Gasteiger partial charge in [0.2, 0.25) is 5.88 Å². The van der Waals surface area contributed by atoms with E-state index in [1.165, 1.54) is 0 Å². The first-order valence-corrected chi connectivity index (χ1v) is 18.8. The number of nitrogens with one attached hydrogen (secondary N) is 2. The molecule has 49 heavy (non-hydrogen) atoms. The van der Waals surface area contributed by atoms with Gasteiger partial charge in [0.15, 0.2) is 0 Å². The van der Waals surface area contributed by atoms with Gasteiger partial charge in [-0.3, -0.25) is 5.32 Å². The number of anilines is 2. The van der Waals surface area contributed by atoms with Gasteiger partial charge in [-0.2, -0.15) is 10.1 Å². The van der Waals surface area contributed by atoms with Crippen molar-refractivity contribution in [3.8, 4) is 23.1 Å². The predicted molar refractivity (Wildman–Crippen MR) is 195 cm³/mol. The molecule has 0 fully saturated rings. The molecule has 2 N–H and O–H groups in total. The van der Waals surface area contributed by atoms with E-state index in [-0.39, 0.29) is 5.92 Å². The molecule has 0 aliphatic carbocycles. The van der Waals surface area contributed by atoms with E-state index >= 15 is 0 Å². The summed E-state index contributed by atoms with van der Waals surface area (Å²) in [6, 6.07) is 30.0. The fraction of sp³-hybridized carbons (Fsp3) is 0.211. The third kappa shape index (κ3) is 8.16. The Hall–Kier alpha value is -5.47. The van der Waals surface area contributed by atoms with Crippen LogP contribution in [0.1, 0.15) is 42.4 Å². The zero-order chi connectivity index (χ0) is 34.5. The van der Waals surface area contributed by atoms with E-state index in [9.17, 15) is 9.36 Å². The molecule has 6 rings (SSSR count). The van der Waals surface area contributed by atoms with Gasteiger partial charge in [-0.25, -0.2) is 14.5 Å². The number of ether oxygens (including phenoxy) is 2. The van der Waals surface area contributed by atoms with Crippen LogP contribution in [-0.4, -0.2) is 46.2 Å². The molecule has 11 heteroatoms. The SMILES string of the molecule is COc1ccccc1Cc1nccc(Oc2ccc(NC(=O)Nc3cc(C(C)C)nn3-c3cccc(CP(C)(C)=O)c3)c3ccccc23)n1. The summed E-state index contributed by atoms with van der Waals surface area (Å²) in [4.78, 5) is 22.6. The monoisotopic (exact) mass is 674 g/mol. The Labute approximate surface area is 285 Å². The Bertz CT molecular complexity index is 2170. The number of benzene rings is 4. The highest BCUT2D eigenvalue weighted by atomic mass is 31.2. The van der Waals surface area contributed by atoms with Crippen molar-refractivity contribution in [2.75, 3.05) is 31.1 Å². The van der Waals surface area contributed by atoms with Crippen molar-refractivity contribution in [2.45, 2.75) is 32.3 Å². The standard InChI is InChI=1S/C38H39N6O4P/c1-25(2)32-23-36(44(43-32)28-13-10-11-26(21-28)24-49(4,5)46)42-38(45)40-31-17-18-34(30-15-8-7-14-29(30)31)48-37-19-20-39-35(41-37)22-27-12-6-9-16-33(27)47-3/h6-21,23,25H,22,24H2,1-5H3,(H2,40,42,45). The van der Waals surface area contributed by atoms with E-state index < -0.39 is 13.2 Å². The Morgan fingerprint density at radius 2 is 1.65 bits per heavy atom. The number of methoxy groups -OCH3 is 1. The van der Waals surface area contributed by atoms with Gasteiger partial charge in [-0.15, -0.1) is 0 Å². The van der Waals surface area contributed by atoms with Gasteiger partial charge < -0.3 is 19.4 Å². The molecule has 10 nitrogen and oxygen atoms in total. The van der Waals surface area contributed by atoms with Gasteiger partial charge in [-0.1, -0.05) is 68.4 Å². The van der Waals surface area contributed by atoms with Gasteiger partial charge in [0.05, 0.1) is 31.3 Å². The molecule has 2 heterocycles. The predicted octanol–water partition coefficient (Wildman–Crippen LogP) is 9.10. The van der Waals surface area contributed by atoms with Crippen molar-refractivity contribution in [2.24, 2.45) is 0 Å². The number of para-hydroxylation sites is 1. The van der Waals surface area contributed by atoms with Crippen molar-refractivity contribution < 1.29 is 18.8 Å². The highest BCUT2D eigenvalue weighted by molar-refractivity contribution is 7.61. The molecule has 0 saturated heterocycles. The average Bonchev–Trinajstić information content (AvgIpc) is 3.50. The minimum Gasteiger partial charge on any atom is -0.496 e. The zero-order valence-electron chi connectivity index (χ0n) is 28.2. The second-order valence-corrected chi connectivity index (χ2v) is 16.0. The lowest BCUT2D eigenvalue weighted by molar-refractivity contribution is 0.262. The maximum atomic E-state index is 13.5. The number of hydrogen-bond acceptors (Lipinski definition) is 7. The number of carbonyl (C=O) groups is 1. The van der Waals surface area contributed by atoms with Crippen molar-refractivity contribution in [3.63, 3.8) is 0 Å². The van der Waals surface area contributed by atoms with Crippen LogP contribution in [0, 0.1) is 0 Å². The lowest BCUT2D eigenvalue weighted by Crippen LogP contribution is -2.21. The molecule has 0 radical (unpaired) electrons. The number of amides is 2. The van der Waals surface area contributed by atoms with Crippen molar-refractivity contribution in [3.05, 3.63) is 126 Å². The zero-order valence-corrected chi connectivity index (χ0v) is 29.1. The highest BCUT2D eigenvalue weighted by Crippen LogP contribution is 2.40. The van der Waals surface area contributed by atoms with Crippen molar-refractivity contribution in [1.82, 2.24) is 19.7 Å². The first-order valence-electron chi connectivity index (χ1n) is 16.0. The molecule has 2 aromatic heterocycles. The van der Waals surface area contributed by atoms with Crippen LogP contribution in [0.3, 0.4) is 0 Å². The highest BCUT2D eigenvalue weighted by Gasteiger charge is 2.18. The minimum atomic E-state index is -2.27. The van der Waals surface area contributed by atoms with Crippen LogP contribution in [0.5, 0.6) is 17.4 Å². The van der Waals surface area contributed by atoms with Crippen LogP contribution in [0.25, 0.3) is 16.5 Å². The molecule has 0 unspecified atom stereocenters. The number of hydrogen-bond donors (Lipinski definition) is 2. The Morgan fingerprint density at radius 1 is 0.878 bits per heavy atom. The number of carbonyl (C=O) groups excluding carboxylic acids is 1. The Morgan fingerprint density at radius 3 is 2.43 bits per heavy atom. The third-order valence-electron chi connectivity index (χ3n) is 7.85. The van der Waals surface area contributed by atoms with Crippen molar-refractivity contribution in [1.29, 1.82) is 0 Å². The second-order valence-electron chi connectivity index (χ2n) is 12.6. The summed E-state index contributed by atoms with van der Waals surface area (Å²) in [5.74, 6) is 3.03. The van der Waals surface area contributed by atoms with Crippen LogP contribution in [0.2, 0.25) is 0 Å². The van der Waals surface area contributed by atoms with Crippen LogP contribution >= 0.6 is 7.14 Å². The molecule has 250 valence electrons. The second kappa shape index (κ2) is 14.3. The van der Waals surface area contributed by atoms with Gasteiger partial charge in [0.25, 0.3) is 0 Å². The normalized spacial score (nSPS) is 11.5. The molecular formula is C38H39N6O4P. The number of urea groups is 1. The maximum absolute atomic E-state index is 13.5. The fourth-order valence-corrected chi connectivity index (χ4v) is 6.66. The van der Waals surface area contributed by atoms with E-state index in [0.717, 1.165) is 39.0 Å². The van der Waals surface area contributed by atoms with Crippen LogP contribution in [-0.2, 0) is 17.1 Å². The molecule has 0 bridgehead atoms. The van der Waals surface area contributed by atoms with E-state index in [0.29, 0.717) is 41.5 Å². The molecule has 4 aromatic carbocycles. The summed E-state index contributed by atoms with van der Waals surface area (Å²) in [7, 11) is -0.631. The van der Waals surface area contributed by atoms with Gasteiger partial charge in [0, 0.05) is 47.2 Å². The average molecular weight is 675 g/mol. The van der Waals surface area contributed by atoms with Gasteiger partial charge in [0.1, 0.15) is 23.1 Å². The van der Waals surface area contributed by atoms with Crippen LogP contribution < -0.4 is 20.1 Å². The van der Waals surface area contributed by atoms with Gasteiger partial charge >= 0.3 is 6.03 Å². The molecule has 0 saturated carbocycles. The van der Waals surface area contributed by atoms with E-state index in [1.807, 2.05) is 91.0 Å². The molecule has 0 spiro atoms. The fourth-order valence-electron chi connectivity index (χ4n) is 5.59. The van der Waals surface area contributed by atoms with Crippen LogP contribution in [0.15, 0.2) is 103 Å². The number of rotatable bonds is 11. The molecule has 0 aliphatic rings. The summed E-state index contributed by atoms with van der Waals surface area (Å²) in [6.45, 7) is 7.66. The van der Waals surface area contributed by atoms with Crippen LogP contribution in [0.4, 0.5) is 16.3 Å². The number of fused-ring (bicyclic) bond motifs is 1. The maximum Gasteiger partial charge on any atom is 0.324 e. The largest absolute Gasteiger partial charge is 0.496 e. The Kier molecular flexibility index (Phi) is 9.78. The molecule has 0 atom stereocenters. The molecule has 2 amide bonds. The molecular weight excluding hydrogens is 635 g/mol. The third-order valence-corrected chi connectivity index (χ3v) is 8.97. The summed E-state index contributed by atoms with van der Waals surface area (Å²) in [6.07, 6.45) is 2.65. The Balaban J connectivity index is 1.23. The quantitative estimate of drug-likeness (QED) is 0.132. The summed E-state index contributed by atoms with van der Waals surface area (Å²) in [5.41, 5.74) is 4.14. The van der Waals surface area contributed by atoms with Gasteiger partial charge in [-0.05, 0) is 55.1 Å².